The number of hydrogen-bond donors (Lipinski definition) is 1. The number of ether oxygens (including phenoxy) is 1. The van der Waals surface area contributed by atoms with Gasteiger partial charge in [0.05, 0.1) is 6.61 Å². The number of methoxy groups -OCH3 is 1. The monoisotopic (exact) mass is 230 g/mol. The van der Waals surface area contributed by atoms with Gasteiger partial charge < -0.3 is 10.5 Å². The first kappa shape index (κ1) is 15.9. The molecule has 0 spiro atoms. The molecule has 0 amide bonds. The second-order valence-corrected chi connectivity index (χ2v) is 4.51. The molecule has 0 saturated heterocycles. The number of likely N-dealkylation sites (N-methyl/N-ethyl adjacent to an activating group) is 1. The van der Waals surface area contributed by atoms with Crippen molar-refractivity contribution in [3.8, 4) is 0 Å². The number of hydrogen-bond acceptors (Lipinski definition) is 3. The van der Waals surface area contributed by atoms with Gasteiger partial charge >= 0.3 is 0 Å². The van der Waals surface area contributed by atoms with Crippen molar-refractivity contribution in [3.63, 3.8) is 0 Å². The Bertz CT molecular complexity index is 160. The lowest BCUT2D eigenvalue weighted by molar-refractivity contribution is 0.0519. The van der Waals surface area contributed by atoms with Crippen LogP contribution in [0, 0.1) is 5.92 Å². The molecule has 0 bridgehead atoms. The van der Waals surface area contributed by atoms with E-state index in [1.807, 2.05) is 0 Å². The van der Waals surface area contributed by atoms with Crippen molar-refractivity contribution in [1.29, 1.82) is 0 Å². The molecule has 0 aromatic carbocycles. The summed E-state index contributed by atoms with van der Waals surface area (Å²) in [5.74, 6) is 0.698. The van der Waals surface area contributed by atoms with E-state index >= 15 is 0 Å². The van der Waals surface area contributed by atoms with Gasteiger partial charge in [-0.1, -0.05) is 33.6 Å². The Kier molecular flexibility index (Phi) is 8.90. The standard InChI is InChI=1S/C13H30N2O/c1-6-12(7-2)13(9-14)15(8-3)11(4)10-16-5/h11-13H,6-10,14H2,1-5H3. The van der Waals surface area contributed by atoms with Crippen molar-refractivity contribution in [1.82, 2.24) is 4.90 Å². The van der Waals surface area contributed by atoms with E-state index in [-0.39, 0.29) is 0 Å². The summed E-state index contributed by atoms with van der Waals surface area (Å²) in [6.07, 6.45) is 2.41. The van der Waals surface area contributed by atoms with Crippen LogP contribution in [0.2, 0.25) is 0 Å². The number of nitrogens with zero attached hydrogens (tertiary/aromatic N) is 1. The largest absolute Gasteiger partial charge is 0.383 e. The first-order valence-corrected chi connectivity index (χ1v) is 6.60. The van der Waals surface area contributed by atoms with Gasteiger partial charge in [-0.05, 0) is 19.4 Å². The molecule has 0 aliphatic rings. The molecule has 0 saturated carbocycles. The van der Waals surface area contributed by atoms with Gasteiger partial charge in [-0.15, -0.1) is 0 Å². The smallest absolute Gasteiger partial charge is 0.0615 e. The highest BCUT2D eigenvalue weighted by Crippen LogP contribution is 2.20. The molecule has 0 heterocycles. The minimum atomic E-state index is 0.448. The Labute approximate surface area is 101 Å². The van der Waals surface area contributed by atoms with Crippen molar-refractivity contribution in [2.45, 2.75) is 52.6 Å². The molecule has 2 atom stereocenters. The normalized spacial score (nSPS) is 15.8. The predicted molar refractivity (Wildman–Crippen MR) is 70.6 cm³/mol. The van der Waals surface area contributed by atoms with Crippen molar-refractivity contribution < 1.29 is 4.74 Å². The molecule has 0 aromatic rings. The van der Waals surface area contributed by atoms with E-state index < -0.39 is 0 Å². The van der Waals surface area contributed by atoms with E-state index in [0.717, 1.165) is 19.7 Å². The van der Waals surface area contributed by atoms with Gasteiger partial charge in [-0.2, -0.15) is 0 Å². The summed E-state index contributed by atoms with van der Waals surface area (Å²) >= 11 is 0. The highest BCUT2D eigenvalue weighted by molar-refractivity contribution is 4.82. The molecule has 0 rings (SSSR count). The average molecular weight is 230 g/mol. The highest BCUT2D eigenvalue weighted by Gasteiger charge is 2.26. The lowest BCUT2D eigenvalue weighted by atomic mass is 9.92. The molecule has 3 heteroatoms. The van der Waals surface area contributed by atoms with Crippen molar-refractivity contribution in [3.05, 3.63) is 0 Å². The van der Waals surface area contributed by atoms with Gasteiger partial charge in [0.25, 0.3) is 0 Å². The van der Waals surface area contributed by atoms with Gasteiger partial charge in [0.15, 0.2) is 0 Å². The summed E-state index contributed by atoms with van der Waals surface area (Å²) in [7, 11) is 1.76. The van der Waals surface area contributed by atoms with E-state index in [4.69, 9.17) is 10.5 Å². The van der Waals surface area contributed by atoms with Crippen LogP contribution in [-0.4, -0.2) is 43.8 Å². The van der Waals surface area contributed by atoms with Crippen LogP contribution in [0.3, 0.4) is 0 Å². The Morgan fingerprint density at radius 3 is 2.06 bits per heavy atom. The molecule has 0 aromatic heterocycles. The fraction of sp³-hybridized carbons (Fsp3) is 1.00. The fourth-order valence-electron chi connectivity index (χ4n) is 2.64. The zero-order chi connectivity index (χ0) is 12.6. The molecule has 98 valence electrons. The molecular formula is C13H30N2O. The van der Waals surface area contributed by atoms with Gasteiger partial charge in [0, 0.05) is 25.7 Å². The second kappa shape index (κ2) is 8.97. The van der Waals surface area contributed by atoms with E-state index in [9.17, 15) is 0 Å². The van der Waals surface area contributed by atoms with E-state index in [1.54, 1.807) is 7.11 Å². The first-order valence-electron chi connectivity index (χ1n) is 6.60. The lowest BCUT2D eigenvalue weighted by Gasteiger charge is -2.39. The Morgan fingerprint density at radius 1 is 1.19 bits per heavy atom. The Balaban J connectivity index is 4.59. The van der Waals surface area contributed by atoms with Crippen LogP contribution in [-0.2, 0) is 4.74 Å². The van der Waals surface area contributed by atoms with Crippen LogP contribution in [0.25, 0.3) is 0 Å². The molecule has 0 fully saturated rings. The Hall–Kier alpha value is -0.120. The van der Waals surface area contributed by atoms with Crippen molar-refractivity contribution >= 4 is 0 Å². The van der Waals surface area contributed by atoms with Gasteiger partial charge in [0.2, 0.25) is 0 Å². The summed E-state index contributed by atoms with van der Waals surface area (Å²) in [4.78, 5) is 2.49. The van der Waals surface area contributed by atoms with Gasteiger partial charge in [-0.3, -0.25) is 4.90 Å². The maximum Gasteiger partial charge on any atom is 0.0615 e. The third kappa shape index (κ3) is 4.40. The maximum atomic E-state index is 5.95. The molecule has 2 unspecified atom stereocenters. The number of nitrogens with two attached hydrogens (primary N) is 1. The van der Waals surface area contributed by atoms with E-state index in [2.05, 4.69) is 32.6 Å². The van der Waals surface area contributed by atoms with Crippen LogP contribution < -0.4 is 5.73 Å². The topological polar surface area (TPSA) is 38.5 Å². The number of rotatable bonds is 9. The minimum absolute atomic E-state index is 0.448. The predicted octanol–water partition coefficient (Wildman–Crippen LogP) is 2.11. The first-order chi connectivity index (χ1) is 7.65. The molecule has 0 aliphatic heterocycles. The Morgan fingerprint density at radius 2 is 1.75 bits per heavy atom. The van der Waals surface area contributed by atoms with E-state index in [1.165, 1.54) is 12.8 Å². The van der Waals surface area contributed by atoms with Gasteiger partial charge in [0.1, 0.15) is 0 Å². The van der Waals surface area contributed by atoms with E-state index in [0.29, 0.717) is 18.0 Å². The summed E-state index contributed by atoms with van der Waals surface area (Å²) in [5.41, 5.74) is 5.95. The highest BCUT2D eigenvalue weighted by atomic mass is 16.5. The quantitative estimate of drug-likeness (QED) is 0.659. The average Bonchev–Trinajstić information content (AvgIpc) is 2.29. The molecule has 16 heavy (non-hydrogen) atoms. The van der Waals surface area contributed by atoms with Crippen LogP contribution in [0.15, 0.2) is 0 Å². The van der Waals surface area contributed by atoms with Crippen molar-refractivity contribution in [2.75, 3.05) is 26.8 Å². The van der Waals surface area contributed by atoms with Crippen LogP contribution in [0.1, 0.15) is 40.5 Å². The van der Waals surface area contributed by atoms with Crippen molar-refractivity contribution in [2.24, 2.45) is 11.7 Å². The molecule has 0 aliphatic carbocycles. The summed E-state index contributed by atoms with van der Waals surface area (Å²) < 4.78 is 5.25. The molecular weight excluding hydrogens is 200 g/mol. The third-order valence-electron chi connectivity index (χ3n) is 3.60. The SMILES string of the molecule is CCC(CC)C(CN)N(CC)C(C)COC. The van der Waals surface area contributed by atoms with Crippen LogP contribution >= 0.6 is 0 Å². The summed E-state index contributed by atoms with van der Waals surface area (Å²) in [6.45, 7) is 11.5. The minimum Gasteiger partial charge on any atom is -0.383 e. The summed E-state index contributed by atoms with van der Waals surface area (Å²) in [6, 6.07) is 0.939. The molecule has 0 radical (unpaired) electrons. The maximum absolute atomic E-state index is 5.95. The van der Waals surface area contributed by atoms with Crippen LogP contribution in [0.5, 0.6) is 0 Å². The third-order valence-corrected chi connectivity index (χ3v) is 3.60. The summed E-state index contributed by atoms with van der Waals surface area (Å²) in [5, 5.41) is 0. The molecule has 3 nitrogen and oxygen atoms in total. The fourth-order valence-corrected chi connectivity index (χ4v) is 2.64. The van der Waals surface area contributed by atoms with Crippen LogP contribution in [0.4, 0.5) is 0 Å². The molecule has 2 N–H and O–H groups in total. The zero-order valence-corrected chi connectivity index (χ0v) is 11.7. The lowest BCUT2D eigenvalue weighted by Crippen LogP contribution is -2.50. The second-order valence-electron chi connectivity index (χ2n) is 4.51. The van der Waals surface area contributed by atoms with Gasteiger partial charge in [-0.25, -0.2) is 0 Å². The zero-order valence-electron chi connectivity index (χ0n) is 11.7.